The second-order valence-corrected chi connectivity index (χ2v) is 14.4. The molecule has 0 radical (unpaired) electrons. The number of hydrogen-bond donors (Lipinski definition) is 9. The molecule has 61 heavy (non-hydrogen) atoms. The fraction of sp³-hybridized carbons (Fsp3) is 0.174. The third kappa shape index (κ3) is 8.50. The van der Waals surface area contributed by atoms with Crippen LogP contribution in [0.1, 0.15) is 22.3 Å². The highest BCUT2D eigenvalue weighted by atomic mass is 16.3. The Morgan fingerprint density at radius 2 is 1.08 bits per heavy atom. The maximum atomic E-state index is 9.52. The van der Waals surface area contributed by atoms with Gasteiger partial charge in [-0.15, -0.1) is 0 Å². The summed E-state index contributed by atoms with van der Waals surface area (Å²) in [5, 5.41) is 46.7. The van der Waals surface area contributed by atoms with Gasteiger partial charge in [0.2, 0.25) is 0 Å². The van der Waals surface area contributed by atoms with E-state index in [-0.39, 0.29) is 19.8 Å². The Bertz CT molecular complexity index is 3010. The van der Waals surface area contributed by atoms with Crippen molar-refractivity contribution in [1.82, 2.24) is 55.6 Å². The van der Waals surface area contributed by atoms with Gasteiger partial charge < -0.3 is 36.3 Å². The van der Waals surface area contributed by atoms with Crippen LogP contribution >= 0.6 is 0 Å². The number of H-pyrrole nitrogens is 4. The van der Waals surface area contributed by atoms with Gasteiger partial charge >= 0.3 is 0 Å². The van der Waals surface area contributed by atoms with Gasteiger partial charge in [-0.3, -0.25) is 20.2 Å². The fourth-order valence-corrected chi connectivity index (χ4v) is 7.21. The summed E-state index contributed by atoms with van der Waals surface area (Å²) < 4.78 is 0. The van der Waals surface area contributed by atoms with Gasteiger partial charge in [-0.1, -0.05) is 36.4 Å². The Morgan fingerprint density at radius 1 is 0.590 bits per heavy atom. The van der Waals surface area contributed by atoms with E-state index in [0.717, 1.165) is 106 Å². The van der Waals surface area contributed by atoms with Crippen molar-refractivity contribution >= 4 is 43.9 Å². The van der Waals surface area contributed by atoms with Crippen LogP contribution in [-0.4, -0.2) is 91.9 Å². The van der Waals surface area contributed by atoms with Crippen LogP contribution in [0.15, 0.2) is 110 Å². The first-order valence-corrected chi connectivity index (χ1v) is 19.9. The molecule has 0 saturated carbocycles. The average molecular weight is 815 g/mol. The van der Waals surface area contributed by atoms with Crippen LogP contribution in [0.5, 0.6) is 0 Å². The lowest BCUT2D eigenvalue weighted by Gasteiger charge is -2.12. The van der Waals surface area contributed by atoms with E-state index in [0.29, 0.717) is 19.6 Å². The summed E-state index contributed by atoms with van der Waals surface area (Å²) in [5.41, 5.74) is 20.4. The topological polar surface area (TPSA) is 239 Å². The first-order chi connectivity index (χ1) is 29.9. The van der Waals surface area contributed by atoms with Crippen LogP contribution in [0.25, 0.3) is 89.2 Å². The Kier molecular flexibility index (Phi) is 12.3. The van der Waals surface area contributed by atoms with Gasteiger partial charge in [0.25, 0.3) is 0 Å². The molecule has 10 rings (SSSR count). The predicted molar refractivity (Wildman–Crippen MR) is 239 cm³/mol. The normalized spacial score (nSPS) is 11.2. The fourth-order valence-electron chi connectivity index (χ4n) is 7.21. The Labute approximate surface area is 350 Å². The van der Waals surface area contributed by atoms with Crippen molar-refractivity contribution in [2.75, 3.05) is 26.3 Å². The molecular weight excluding hydrogens is 769 g/mol. The van der Waals surface area contributed by atoms with Gasteiger partial charge in [-0.25, -0.2) is 9.97 Å². The third-order valence-corrected chi connectivity index (χ3v) is 10.5. The Balaban J connectivity index is 0.000000156. The molecule has 0 aliphatic heterocycles. The number of aromatic amines is 4. The first-order valence-electron chi connectivity index (χ1n) is 19.9. The second kappa shape index (κ2) is 18.4. The lowest BCUT2D eigenvalue weighted by atomic mass is 9.98. The van der Waals surface area contributed by atoms with Crippen LogP contribution < -0.4 is 11.1 Å². The summed E-state index contributed by atoms with van der Waals surface area (Å²) >= 11 is 0. The van der Waals surface area contributed by atoms with Crippen LogP contribution in [0, 0.1) is 13.8 Å². The molecule has 0 aliphatic carbocycles. The standard InChI is InChI=1S/C23H22N6O.C21H17N5O.C2H7NO/c1-14-16(11-24-8-9-30)12-25-13-18(14)15-6-7-19-17(10-15)22(29-28-19)23-26-20-4-2-3-5-21(20)27-23;1-12-14(11-27)9-22-10-16(12)13-6-7-17-15(8-13)20(26-25-17)21-23-18-4-2-3-5-19(18)24-21;3-1-2-4/h2-7,10,12-13,24,30H,8-9,11H2,1H3,(H,26,27)(H,28,29);2-10,27H,11H2,1H3,(H,23,24)(H,25,26);4H,1-3H2. The number of fused-ring (bicyclic) bond motifs is 4. The summed E-state index contributed by atoms with van der Waals surface area (Å²) in [6, 6.07) is 28.3. The maximum Gasteiger partial charge on any atom is 0.159 e. The maximum absolute atomic E-state index is 9.52. The molecule has 0 unspecified atom stereocenters. The van der Waals surface area contributed by atoms with E-state index in [4.69, 9.17) is 20.9 Å². The number of aliphatic hydroxyl groups is 3. The molecule has 308 valence electrons. The molecule has 0 spiro atoms. The van der Waals surface area contributed by atoms with E-state index in [1.807, 2.05) is 92.2 Å². The van der Waals surface area contributed by atoms with Crippen LogP contribution in [-0.2, 0) is 13.2 Å². The number of aliphatic hydroxyl groups excluding tert-OH is 3. The van der Waals surface area contributed by atoms with E-state index in [1.54, 1.807) is 6.20 Å². The van der Waals surface area contributed by atoms with Crippen molar-refractivity contribution in [3.63, 3.8) is 0 Å². The highest BCUT2D eigenvalue weighted by Gasteiger charge is 2.17. The summed E-state index contributed by atoms with van der Waals surface area (Å²) in [4.78, 5) is 24.8. The molecule has 15 nitrogen and oxygen atoms in total. The van der Waals surface area contributed by atoms with Crippen molar-refractivity contribution in [2.45, 2.75) is 27.0 Å². The van der Waals surface area contributed by atoms with Crippen molar-refractivity contribution in [3.8, 4) is 45.3 Å². The zero-order valence-corrected chi connectivity index (χ0v) is 33.7. The van der Waals surface area contributed by atoms with Crippen LogP contribution in [0.3, 0.4) is 0 Å². The summed E-state index contributed by atoms with van der Waals surface area (Å²) in [7, 11) is 0. The number of para-hydroxylation sites is 4. The van der Waals surface area contributed by atoms with E-state index in [1.165, 1.54) is 5.56 Å². The number of nitrogens with one attached hydrogen (secondary N) is 5. The molecule has 0 saturated heterocycles. The number of pyridine rings is 2. The van der Waals surface area contributed by atoms with E-state index in [2.05, 4.69) is 75.8 Å². The molecule has 10 N–H and O–H groups in total. The monoisotopic (exact) mass is 814 g/mol. The number of imidazole rings is 2. The third-order valence-electron chi connectivity index (χ3n) is 10.5. The molecule has 6 heterocycles. The minimum atomic E-state index is -0.0230. The van der Waals surface area contributed by atoms with Crippen molar-refractivity contribution in [3.05, 3.63) is 132 Å². The molecule has 6 aromatic heterocycles. The molecule has 0 atom stereocenters. The quantitative estimate of drug-likeness (QED) is 0.0679. The minimum absolute atomic E-state index is 0.0230. The highest BCUT2D eigenvalue weighted by molar-refractivity contribution is 5.97. The van der Waals surface area contributed by atoms with Crippen LogP contribution in [0.2, 0.25) is 0 Å². The molecule has 0 aliphatic rings. The Morgan fingerprint density at radius 3 is 1.56 bits per heavy atom. The second-order valence-electron chi connectivity index (χ2n) is 14.4. The molecule has 0 fully saturated rings. The molecule has 10 aromatic rings. The van der Waals surface area contributed by atoms with E-state index >= 15 is 0 Å². The Hall–Kier alpha value is -7.14. The van der Waals surface area contributed by atoms with Crippen molar-refractivity contribution < 1.29 is 15.3 Å². The highest BCUT2D eigenvalue weighted by Crippen LogP contribution is 2.34. The van der Waals surface area contributed by atoms with Gasteiger partial charge in [-0.05, 0) is 95.8 Å². The number of hydrogen-bond acceptors (Lipinski definition) is 11. The SMILES string of the molecule is Cc1c(CNCCO)cncc1-c1ccc2[nH]nc(-c3nc4ccccc4[nH]3)c2c1.Cc1c(CO)cncc1-c1ccc2[nH]nc(-c3nc4ccccc4[nH]3)c2c1.NCCO. The van der Waals surface area contributed by atoms with Gasteiger partial charge in [0.1, 0.15) is 11.4 Å². The van der Waals surface area contributed by atoms with Gasteiger partial charge in [0.15, 0.2) is 11.6 Å². The summed E-state index contributed by atoms with van der Waals surface area (Å²) in [5.74, 6) is 1.48. The van der Waals surface area contributed by atoms with Gasteiger partial charge in [0, 0.05) is 66.3 Å². The average Bonchev–Trinajstić information content (AvgIpc) is 4.11. The van der Waals surface area contributed by atoms with Crippen LogP contribution in [0.4, 0.5) is 0 Å². The summed E-state index contributed by atoms with van der Waals surface area (Å²) in [6.45, 7) is 5.91. The predicted octanol–water partition coefficient (Wildman–Crippen LogP) is 6.46. The number of benzene rings is 4. The molecule has 15 heteroatoms. The van der Waals surface area contributed by atoms with E-state index < -0.39 is 0 Å². The molecule has 4 aromatic carbocycles. The number of nitrogens with zero attached hydrogens (tertiary/aromatic N) is 6. The van der Waals surface area contributed by atoms with Crippen molar-refractivity contribution in [2.24, 2.45) is 5.73 Å². The zero-order chi connectivity index (χ0) is 42.3. The number of aromatic nitrogens is 10. The minimum Gasteiger partial charge on any atom is -0.395 e. The van der Waals surface area contributed by atoms with Crippen molar-refractivity contribution in [1.29, 1.82) is 0 Å². The number of nitrogens with two attached hydrogens (primary N) is 1. The molecular formula is C46H46N12O3. The lowest BCUT2D eigenvalue weighted by Crippen LogP contribution is -2.18. The largest absolute Gasteiger partial charge is 0.395 e. The molecule has 0 bridgehead atoms. The van der Waals surface area contributed by atoms with E-state index in [9.17, 15) is 5.11 Å². The van der Waals surface area contributed by atoms with Gasteiger partial charge in [-0.2, -0.15) is 10.2 Å². The van der Waals surface area contributed by atoms with Gasteiger partial charge in [0.05, 0.1) is 52.9 Å². The zero-order valence-electron chi connectivity index (χ0n) is 33.7. The lowest BCUT2D eigenvalue weighted by molar-refractivity contribution is 0.280. The summed E-state index contributed by atoms with van der Waals surface area (Å²) in [6.07, 6.45) is 7.30. The first kappa shape index (κ1) is 40.6. The number of rotatable bonds is 10. The molecule has 0 amide bonds. The smallest absolute Gasteiger partial charge is 0.159 e.